The van der Waals surface area contributed by atoms with Gasteiger partial charge in [-0.25, -0.2) is 9.97 Å². The van der Waals surface area contributed by atoms with Gasteiger partial charge >= 0.3 is 0 Å². The summed E-state index contributed by atoms with van der Waals surface area (Å²) in [4.78, 5) is 10.9. The van der Waals surface area contributed by atoms with Crippen molar-refractivity contribution in [2.45, 2.75) is 20.8 Å². The van der Waals surface area contributed by atoms with Crippen LogP contribution in [0.1, 0.15) is 23.1 Å². The van der Waals surface area contributed by atoms with Crippen molar-refractivity contribution in [1.29, 1.82) is 0 Å². The van der Waals surface area contributed by atoms with Crippen molar-refractivity contribution in [3.8, 4) is 5.75 Å². The number of thiophene rings is 1. The van der Waals surface area contributed by atoms with Crippen LogP contribution in [0.25, 0.3) is 21.2 Å². The number of para-hydroxylation sites is 1. The van der Waals surface area contributed by atoms with E-state index in [4.69, 9.17) is 9.15 Å². The zero-order valence-corrected chi connectivity index (χ0v) is 15.8. The summed E-state index contributed by atoms with van der Waals surface area (Å²) in [5.74, 6) is 2.09. The van der Waals surface area contributed by atoms with Crippen LogP contribution in [0.4, 0.5) is 5.82 Å². The fourth-order valence-corrected chi connectivity index (χ4v) is 3.83. The minimum absolute atomic E-state index is 0.681. The summed E-state index contributed by atoms with van der Waals surface area (Å²) in [6.45, 7) is 6.05. The Labute approximate surface area is 154 Å². The maximum absolute atomic E-state index is 5.93. The van der Waals surface area contributed by atoms with Crippen LogP contribution in [0.15, 0.2) is 40.1 Å². The zero-order valence-electron chi connectivity index (χ0n) is 15.0. The van der Waals surface area contributed by atoms with Crippen LogP contribution in [0, 0.1) is 13.8 Å². The van der Waals surface area contributed by atoms with Crippen LogP contribution in [-0.2, 0) is 0 Å². The highest BCUT2D eigenvalue weighted by molar-refractivity contribution is 7.18. The number of nitrogens with one attached hydrogen (secondary N) is 1. The number of hydrogen-bond donors (Lipinski definition) is 1. The van der Waals surface area contributed by atoms with Crippen LogP contribution in [-0.4, -0.2) is 22.8 Å². The first kappa shape index (κ1) is 16.5. The molecule has 0 saturated carbocycles. The Bertz CT molecular complexity index is 1140. The van der Waals surface area contributed by atoms with E-state index >= 15 is 0 Å². The second kappa shape index (κ2) is 6.42. The monoisotopic (exact) mass is 366 g/mol. The predicted octanol–water partition coefficient (Wildman–Crippen LogP) is 4.90. The number of nitrogens with zero attached hydrogens (tertiary/aromatic N) is 3. The third kappa shape index (κ3) is 2.70. The molecule has 0 bridgehead atoms. The molecular weight excluding hydrogens is 348 g/mol. The molecule has 0 aliphatic carbocycles. The van der Waals surface area contributed by atoms with Crippen LogP contribution in [0.5, 0.6) is 5.75 Å². The summed E-state index contributed by atoms with van der Waals surface area (Å²) in [5.41, 5.74) is 5.68. The molecule has 0 fully saturated rings. The fourth-order valence-electron chi connectivity index (χ4n) is 2.83. The van der Waals surface area contributed by atoms with Gasteiger partial charge in [-0.15, -0.1) is 11.3 Å². The average Bonchev–Trinajstić information content (AvgIpc) is 3.21. The molecule has 0 radical (unpaired) electrons. The number of ether oxygens (including phenoxy) is 1. The standard InChI is InChI=1S/C19H18N4O2S/c1-10-12(3)26-19-16(10)18(20-9-21-19)23-22-11(2)15-8-13-6-5-7-14(24-4)17(13)25-15/h5-9H,1-4H3,(H,20,21,23)/b22-11-. The van der Waals surface area contributed by atoms with Crippen molar-refractivity contribution in [2.75, 3.05) is 12.5 Å². The molecule has 0 saturated heterocycles. The number of fused-ring (bicyclic) bond motifs is 2. The molecule has 1 N–H and O–H groups in total. The van der Waals surface area contributed by atoms with Crippen molar-refractivity contribution in [3.63, 3.8) is 0 Å². The van der Waals surface area contributed by atoms with Crippen molar-refractivity contribution in [2.24, 2.45) is 5.10 Å². The maximum Gasteiger partial charge on any atom is 0.176 e. The number of hydrogen-bond acceptors (Lipinski definition) is 7. The highest BCUT2D eigenvalue weighted by Gasteiger charge is 2.13. The lowest BCUT2D eigenvalue weighted by atomic mass is 10.2. The van der Waals surface area contributed by atoms with Crippen LogP contribution >= 0.6 is 11.3 Å². The minimum atomic E-state index is 0.681. The smallest absolute Gasteiger partial charge is 0.176 e. The van der Waals surface area contributed by atoms with Gasteiger partial charge in [0, 0.05) is 10.3 Å². The molecule has 0 unspecified atom stereocenters. The second-order valence-corrected chi connectivity index (χ2v) is 7.19. The van der Waals surface area contributed by atoms with E-state index in [9.17, 15) is 0 Å². The molecule has 132 valence electrons. The third-order valence-electron chi connectivity index (χ3n) is 4.38. The molecular formula is C19H18N4O2S. The number of rotatable bonds is 4. The number of methoxy groups -OCH3 is 1. The Morgan fingerprint density at radius 1 is 1.27 bits per heavy atom. The van der Waals surface area contributed by atoms with Gasteiger partial charge < -0.3 is 9.15 Å². The summed E-state index contributed by atoms with van der Waals surface area (Å²) < 4.78 is 11.3. The summed E-state index contributed by atoms with van der Waals surface area (Å²) in [7, 11) is 1.63. The van der Waals surface area contributed by atoms with Crippen molar-refractivity contribution in [1.82, 2.24) is 9.97 Å². The summed E-state index contributed by atoms with van der Waals surface area (Å²) >= 11 is 1.66. The molecule has 6 nitrogen and oxygen atoms in total. The molecule has 0 amide bonds. The number of anilines is 1. The molecule has 3 heterocycles. The lowest BCUT2D eigenvalue weighted by molar-refractivity contribution is 0.410. The first-order chi connectivity index (χ1) is 12.6. The van der Waals surface area contributed by atoms with E-state index in [1.54, 1.807) is 24.8 Å². The van der Waals surface area contributed by atoms with E-state index in [0.717, 1.165) is 21.3 Å². The lowest BCUT2D eigenvalue weighted by Crippen LogP contribution is -2.00. The van der Waals surface area contributed by atoms with Crippen molar-refractivity contribution in [3.05, 3.63) is 46.8 Å². The van der Waals surface area contributed by atoms with Gasteiger partial charge in [0.25, 0.3) is 0 Å². The Kier molecular flexibility index (Phi) is 4.08. The molecule has 4 aromatic rings. The quantitative estimate of drug-likeness (QED) is 0.411. The van der Waals surface area contributed by atoms with E-state index in [1.165, 1.54) is 10.4 Å². The minimum Gasteiger partial charge on any atom is -0.493 e. The summed E-state index contributed by atoms with van der Waals surface area (Å²) in [6, 6.07) is 7.75. The van der Waals surface area contributed by atoms with Crippen molar-refractivity contribution < 1.29 is 9.15 Å². The summed E-state index contributed by atoms with van der Waals surface area (Å²) in [6.07, 6.45) is 1.55. The fraction of sp³-hybridized carbons (Fsp3) is 0.211. The molecule has 0 spiro atoms. The highest BCUT2D eigenvalue weighted by atomic mass is 32.1. The zero-order chi connectivity index (χ0) is 18.3. The van der Waals surface area contributed by atoms with E-state index in [1.807, 2.05) is 31.2 Å². The third-order valence-corrected chi connectivity index (χ3v) is 5.49. The Balaban J connectivity index is 1.69. The van der Waals surface area contributed by atoms with Gasteiger partial charge in [-0.05, 0) is 38.5 Å². The van der Waals surface area contributed by atoms with Gasteiger partial charge in [0.1, 0.15) is 16.9 Å². The average molecular weight is 366 g/mol. The van der Waals surface area contributed by atoms with Crippen LogP contribution < -0.4 is 10.2 Å². The molecule has 0 aliphatic heterocycles. The Morgan fingerprint density at radius 2 is 2.12 bits per heavy atom. The molecule has 4 rings (SSSR count). The Morgan fingerprint density at radius 3 is 2.92 bits per heavy atom. The van der Waals surface area contributed by atoms with Gasteiger partial charge in [0.05, 0.1) is 12.5 Å². The van der Waals surface area contributed by atoms with Gasteiger partial charge in [0.2, 0.25) is 0 Å². The van der Waals surface area contributed by atoms with Crippen LogP contribution in [0.2, 0.25) is 0 Å². The van der Waals surface area contributed by atoms with E-state index in [2.05, 4.69) is 34.3 Å². The van der Waals surface area contributed by atoms with Gasteiger partial charge in [-0.3, -0.25) is 5.43 Å². The maximum atomic E-state index is 5.93. The Hall–Kier alpha value is -2.93. The molecule has 0 aliphatic rings. The molecule has 7 heteroatoms. The molecule has 3 aromatic heterocycles. The second-order valence-electron chi connectivity index (χ2n) is 5.98. The number of benzene rings is 1. The first-order valence-electron chi connectivity index (χ1n) is 8.16. The SMILES string of the molecule is COc1cccc2cc(/C(C)=N\Nc3ncnc4sc(C)c(C)c34)oc12. The highest BCUT2D eigenvalue weighted by Crippen LogP contribution is 2.32. The van der Waals surface area contributed by atoms with Crippen LogP contribution in [0.3, 0.4) is 0 Å². The van der Waals surface area contributed by atoms with Gasteiger partial charge in [0.15, 0.2) is 22.9 Å². The van der Waals surface area contributed by atoms with E-state index in [-0.39, 0.29) is 0 Å². The molecule has 0 atom stereocenters. The van der Waals surface area contributed by atoms with Crippen molar-refractivity contribution >= 4 is 44.1 Å². The number of furan rings is 1. The molecule has 26 heavy (non-hydrogen) atoms. The molecule has 1 aromatic carbocycles. The largest absolute Gasteiger partial charge is 0.493 e. The van der Waals surface area contributed by atoms with Gasteiger partial charge in [-0.2, -0.15) is 5.10 Å². The first-order valence-corrected chi connectivity index (χ1v) is 8.98. The predicted molar refractivity (Wildman–Crippen MR) is 105 cm³/mol. The number of aryl methyl sites for hydroxylation is 2. The van der Waals surface area contributed by atoms with E-state index < -0.39 is 0 Å². The van der Waals surface area contributed by atoms with E-state index in [0.29, 0.717) is 22.9 Å². The number of hydrazone groups is 1. The number of aromatic nitrogens is 2. The van der Waals surface area contributed by atoms with Gasteiger partial charge in [-0.1, -0.05) is 12.1 Å². The normalized spacial score (nSPS) is 12.1. The lowest BCUT2D eigenvalue weighted by Gasteiger charge is -2.03. The summed E-state index contributed by atoms with van der Waals surface area (Å²) in [5, 5.41) is 6.45. The topological polar surface area (TPSA) is 72.5 Å².